The number of allylic oxidation sites excluding steroid dienone is 2. The number of rotatable bonds is 11. The maximum absolute atomic E-state index is 6.69. The van der Waals surface area contributed by atoms with E-state index in [9.17, 15) is 0 Å². The molecule has 0 fully saturated rings. The van der Waals surface area contributed by atoms with Gasteiger partial charge in [0.2, 0.25) is 5.95 Å². The number of nitrogens with two attached hydrogens (primary N) is 1. The summed E-state index contributed by atoms with van der Waals surface area (Å²) in [5.41, 5.74) is 13.4. The maximum atomic E-state index is 6.69. The number of aryl methyl sites for hydroxylation is 1. The first-order valence-corrected chi connectivity index (χ1v) is 13.9. The molecule has 0 saturated heterocycles. The lowest BCUT2D eigenvalue weighted by Gasteiger charge is -2.26. The number of hydrogen-bond acceptors (Lipinski definition) is 8. The summed E-state index contributed by atoms with van der Waals surface area (Å²) in [4.78, 5) is 9.32. The van der Waals surface area contributed by atoms with Crippen molar-refractivity contribution in [3.8, 4) is 22.8 Å². The second-order valence-electron chi connectivity index (χ2n) is 10.0. The van der Waals surface area contributed by atoms with Gasteiger partial charge in [-0.15, -0.1) is 0 Å². The molecule has 1 aromatic carbocycles. The largest absolute Gasteiger partial charge is 0.494 e. The zero-order valence-electron chi connectivity index (χ0n) is 23.0. The average molecular weight is 553 g/mol. The van der Waals surface area contributed by atoms with Gasteiger partial charge in [0.25, 0.3) is 0 Å². The summed E-state index contributed by atoms with van der Waals surface area (Å²) in [6.07, 6.45) is 9.33. The van der Waals surface area contributed by atoms with Gasteiger partial charge in [0, 0.05) is 43.2 Å². The van der Waals surface area contributed by atoms with Crippen LogP contribution in [0, 0.1) is 0 Å². The molecule has 3 heterocycles. The first-order valence-electron chi connectivity index (χ1n) is 13.5. The van der Waals surface area contributed by atoms with E-state index in [2.05, 4.69) is 39.4 Å². The highest BCUT2D eigenvalue weighted by Gasteiger charge is 2.30. The molecular formula is C29H37ClN6O3. The molecule has 1 unspecified atom stereocenters. The molecule has 208 valence electrons. The van der Waals surface area contributed by atoms with Crippen LogP contribution in [0.2, 0.25) is 5.02 Å². The fraction of sp³-hybridized carbons (Fsp3) is 0.448. The Morgan fingerprint density at radius 1 is 1.28 bits per heavy atom. The average Bonchev–Trinajstić information content (AvgIpc) is 3.33. The summed E-state index contributed by atoms with van der Waals surface area (Å²) in [6.45, 7) is 6.90. The standard InChI is InChI=1S/C29H37ClN6O3/c1-5-38-16-19(13-32-3)39-24-12-25(37-4)23(11-22(24)31)34-29-33-14-21(30)27(35-29)20-15-36-10-6-7-18-9-8-17(2)26(20)28(18)36/h9,11-12,14-15,17,19,32H,5-8,10,13,16,31H2,1-4H3,(H,33,34,35)/t17?,19-/m0/s1. The van der Waals surface area contributed by atoms with Gasteiger partial charge in [-0.1, -0.05) is 24.6 Å². The highest BCUT2D eigenvalue weighted by molar-refractivity contribution is 6.33. The number of benzene rings is 1. The van der Waals surface area contributed by atoms with Crippen molar-refractivity contribution in [2.75, 3.05) is 45.0 Å². The van der Waals surface area contributed by atoms with Crippen molar-refractivity contribution in [3.05, 3.63) is 46.9 Å². The van der Waals surface area contributed by atoms with Crippen LogP contribution in [-0.4, -0.2) is 54.6 Å². The van der Waals surface area contributed by atoms with Crippen LogP contribution < -0.4 is 25.8 Å². The minimum absolute atomic E-state index is 0.199. The highest BCUT2D eigenvalue weighted by atomic mass is 35.5. The third-order valence-electron chi connectivity index (χ3n) is 7.29. The molecule has 9 nitrogen and oxygen atoms in total. The summed E-state index contributed by atoms with van der Waals surface area (Å²) in [7, 11) is 3.47. The number of methoxy groups -OCH3 is 1. The van der Waals surface area contributed by atoms with Crippen molar-refractivity contribution in [1.29, 1.82) is 0 Å². The molecule has 0 amide bonds. The van der Waals surface area contributed by atoms with Crippen LogP contribution in [0.4, 0.5) is 17.3 Å². The van der Waals surface area contributed by atoms with E-state index < -0.39 is 0 Å². The van der Waals surface area contributed by atoms with Crippen molar-refractivity contribution >= 4 is 34.5 Å². The van der Waals surface area contributed by atoms with Crippen LogP contribution in [0.25, 0.3) is 16.8 Å². The van der Waals surface area contributed by atoms with Gasteiger partial charge < -0.3 is 35.1 Å². The summed E-state index contributed by atoms with van der Waals surface area (Å²) >= 11 is 6.69. The van der Waals surface area contributed by atoms with E-state index in [1.54, 1.807) is 25.4 Å². The van der Waals surface area contributed by atoms with Crippen molar-refractivity contribution in [3.63, 3.8) is 0 Å². The number of nitrogens with one attached hydrogen (secondary N) is 2. The number of ether oxygens (including phenoxy) is 3. The fourth-order valence-electron chi connectivity index (χ4n) is 5.46. The topological polar surface area (TPSA) is 108 Å². The predicted octanol–water partition coefficient (Wildman–Crippen LogP) is 5.62. The Labute approximate surface area is 234 Å². The van der Waals surface area contributed by atoms with Gasteiger partial charge in [0.1, 0.15) is 17.6 Å². The molecule has 10 heteroatoms. The van der Waals surface area contributed by atoms with E-state index in [1.165, 1.54) is 16.8 Å². The molecule has 2 aliphatic rings. The number of nitrogen functional groups attached to an aromatic ring is 1. The van der Waals surface area contributed by atoms with Crippen LogP contribution in [0.3, 0.4) is 0 Å². The van der Waals surface area contributed by atoms with Gasteiger partial charge in [0.15, 0.2) is 0 Å². The number of halogens is 1. The summed E-state index contributed by atoms with van der Waals surface area (Å²) in [6, 6.07) is 3.54. The van der Waals surface area contributed by atoms with Crippen molar-refractivity contribution in [1.82, 2.24) is 19.9 Å². The Morgan fingerprint density at radius 3 is 2.90 bits per heavy atom. The van der Waals surface area contributed by atoms with E-state index in [-0.39, 0.29) is 6.10 Å². The molecule has 0 radical (unpaired) electrons. The van der Waals surface area contributed by atoms with Gasteiger partial charge in [-0.3, -0.25) is 0 Å². The highest BCUT2D eigenvalue weighted by Crippen LogP contribution is 2.46. The van der Waals surface area contributed by atoms with Gasteiger partial charge in [-0.05, 0) is 56.4 Å². The van der Waals surface area contributed by atoms with Crippen LogP contribution >= 0.6 is 11.6 Å². The van der Waals surface area contributed by atoms with Gasteiger partial charge in [-0.2, -0.15) is 0 Å². The first-order chi connectivity index (χ1) is 18.9. The van der Waals surface area contributed by atoms with E-state index in [0.717, 1.165) is 37.1 Å². The Hall–Kier alpha value is -3.27. The number of aromatic nitrogens is 3. The number of anilines is 3. The first kappa shape index (κ1) is 27.3. The minimum atomic E-state index is -0.199. The molecule has 2 aromatic heterocycles. The number of nitrogens with zero attached hydrogens (tertiary/aromatic N) is 3. The Morgan fingerprint density at radius 2 is 2.13 bits per heavy atom. The SMILES string of the molecule is CCOC[C@H](CNC)Oc1cc(OC)c(Nc2ncc(Cl)c(-c3cn4c5c3C(C)CC=C5CCC4)n2)cc1N. The van der Waals surface area contributed by atoms with Crippen LogP contribution in [0.1, 0.15) is 50.3 Å². The fourth-order valence-corrected chi connectivity index (χ4v) is 5.65. The Kier molecular flexibility index (Phi) is 8.30. The van der Waals surface area contributed by atoms with Gasteiger partial charge in [-0.25, -0.2) is 9.97 Å². The van der Waals surface area contributed by atoms with E-state index in [4.69, 9.17) is 36.5 Å². The predicted molar refractivity (Wildman–Crippen MR) is 156 cm³/mol. The van der Waals surface area contributed by atoms with Crippen molar-refractivity contribution < 1.29 is 14.2 Å². The molecule has 1 aliphatic carbocycles. The van der Waals surface area contributed by atoms with E-state index in [1.807, 2.05) is 14.0 Å². The van der Waals surface area contributed by atoms with Crippen molar-refractivity contribution in [2.24, 2.45) is 0 Å². The molecule has 39 heavy (non-hydrogen) atoms. The molecule has 2 atom stereocenters. The Balaban J connectivity index is 1.45. The molecule has 5 rings (SSSR count). The van der Waals surface area contributed by atoms with E-state index >= 15 is 0 Å². The van der Waals surface area contributed by atoms with Crippen LogP contribution in [0.15, 0.2) is 30.6 Å². The summed E-state index contributed by atoms with van der Waals surface area (Å²) < 4.78 is 19.7. The zero-order chi connectivity index (χ0) is 27.5. The van der Waals surface area contributed by atoms with Gasteiger partial charge >= 0.3 is 0 Å². The van der Waals surface area contributed by atoms with Gasteiger partial charge in [0.05, 0.1) is 42.0 Å². The zero-order valence-corrected chi connectivity index (χ0v) is 23.8. The summed E-state index contributed by atoms with van der Waals surface area (Å²) in [5, 5.41) is 6.92. The normalized spacial score (nSPS) is 16.8. The lowest BCUT2D eigenvalue weighted by Crippen LogP contribution is -2.33. The van der Waals surface area contributed by atoms with E-state index in [0.29, 0.717) is 59.5 Å². The maximum Gasteiger partial charge on any atom is 0.227 e. The second kappa shape index (κ2) is 11.9. The molecular weight excluding hydrogens is 516 g/mol. The minimum Gasteiger partial charge on any atom is -0.494 e. The third kappa shape index (κ3) is 5.57. The molecule has 0 bridgehead atoms. The van der Waals surface area contributed by atoms with Crippen LogP contribution in [0.5, 0.6) is 11.5 Å². The second-order valence-corrected chi connectivity index (χ2v) is 10.4. The van der Waals surface area contributed by atoms with Crippen LogP contribution in [-0.2, 0) is 11.3 Å². The molecule has 3 aromatic rings. The lowest BCUT2D eigenvalue weighted by molar-refractivity contribution is 0.0577. The quantitative estimate of drug-likeness (QED) is 0.263. The number of likely N-dealkylation sites (N-methyl/N-ethyl adjacent to an activating group) is 1. The number of hydrogen-bond donors (Lipinski definition) is 3. The molecule has 0 saturated carbocycles. The Bertz CT molecular complexity index is 1370. The molecule has 4 N–H and O–H groups in total. The monoisotopic (exact) mass is 552 g/mol. The molecule has 1 aliphatic heterocycles. The lowest BCUT2D eigenvalue weighted by atomic mass is 9.83. The van der Waals surface area contributed by atoms with Crippen molar-refractivity contribution in [2.45, 2.75) is 51.7 Å². The molecule has 0 spiro atoms. The smallest absolute Gasteiger partial charge is 0.227 e. The third-order valence-corrected chi connectivity index (χ3v) is 7.56. The summed E-state index contributed by atoms with van der Waals surface area (Å²) in [5.74, 6) is 1.87.